The first-order chi connectivity index (χ1) is 18.9. The predicted molar refractivity (Wildman–Crippen MR) is 151 cm³/mol. The van der Waals surface area contributed by atoms with Crippen molar-refractivity contribution in [1.82, 2.24) is 0 Å². The van der Waals surface area contributed by atoms with Crippen LogP contribution in [0.4, 0.5) is 9.59 Å². The van der Waals surface area contributed by atoms with Gasteiger partial charge in [-0.15, -0.1) is 0 Å². The Morgan fingerprint density at radius 3 is 1.85 bits per heavy atom. The van der Waals surface area contributed by atoms with Crippen LogP contribution in [0.5, 0.6) is 0 Å². The van der Waals surface area contributed by atoms with E-state index in [1.54, 1.807) is 12.2 Å². The lowest BCUT2D eigenvalue weighted by Crippen LogP contribution is -2.47. The first-order valence-electron chi connectivity index (χ1n) is 13.9. The van der Waals surface area contributed by atoms with Crippen molar-refractivity contribution in [3.8, 4) is 0 Å². The lowest BCUT2D eigenvalue weighted by atomic mass is 10.1. The van der Waals surface area contributed by atoms with Gasteiger partial charge in [0.1, 0.15) is 38.1 Å². The summed E-state index contributed by atoms with van der Waals surface area (Å²) in [5, 5.41) is 31.0. The molecule has 10 heteroatoms. The summed E-state index contributed by atoms with van der Waals surface area (Å²) in [4.78, 5) is 23.8. The molecule has 1 rings (SSSR count). The summed E-state index contributed by atoms with van der Waals surface area (Å²) in [5.41, 5.74) is 4.76. The molecular formula is C30H48O10. The number of hydrogen-bond acceptors (Lipinski definition) is 10. The lowest BCUT2D eigenvalue weighted by molar-refractivity contribution is -0.249. The largest absolute Gasteiger partial charge is 0.508 e. The van der Waals surface area contributed by atoms with Gasteiger partial charge in [-0.1, -0.05) is 48.3 Å². The number of aliphatic hydroxyl groups is 3. The van der Waals surface area contributed by atoms with Gasteiger partial charge in [0.05, 0.1) is 0 Å². The second-order valence-corrected chi connectivity index (χ2v) is 10.2. The Kier molecular flexibility index (Phi) is 16.5. The molecule has 1 fully saturated rings. The molecule has 40 heavy (non-hydrogen) atoms. The van der Waals surface area contributed by atoms with Gasteiger partial charge in [0.25, 0.3) is 0 Å². The minimum absolute atomic E-state index is 0.0174. The smallest absolute Gasteiger partial charge is 0.431 e. The molecule has 10 nitrogen and oxygen atoms in total. The quantitative estimate of drug-likeness (QED) is 0.167. The fourth-order valence-corrected chi connectivity index (χ4v) is 3.86. The second-order valence-electron chi connectivity index (χ2n) is 10.2. The van der Waals surface area contributed by atoms with Crippen molar-refractivity contribution in [2.45, 2.75) is 104 Å². The molecule has 0 aromatic rings. The summed E-state index contributed by atoms with van der Waals surface area (Å²) in [5.74, 6) is -2.41. The molecule has 1 aliphatic heterocycles. The van der Waals surface area contributed by atoms with E-state index >= 15 is 0 Å². The zero-order valence-corrected chi connectivity index (χ0v) is 24.8. The van der Waals surface area contributed by atoms with E-state index in [2.05, 4.69) is 26.0 Å². The first-order valence-corrected chi connectivity index (χ1v) is 13.9. The van der Waals surface area contributed by atoms with Crippen LogP contribution in [0.2, 0.25) is 0 Å². The first kappa shape index (κ1) is 35.4. The Labute approximate surface area is 238 Å². The normalized spacial score (nSPS) is 22.9. The molecule has 1 heterocycles. The van der Waals surface area contributed by atoms with Crippen LogP contribution < -0.4 is 0 Å². The van der Waals surface area contributed by atoms with Crippen LogP contribution in [0.25, 0.3) is 0 Å². The zero-order valence-electron chi connectivity index (χ0n) is 24.8. The molecule has 228 valence electrons. The average molecular weight is 569 g/mol. The molecule has 0 aliphatic carbocycles. The average Bonchev–Trinajstić information content (AvgIpc) is 3.12. The maximum atomic E-state index is 11.9. The summed E-state index contributed by atoms with van der Waals surface area (Å²) in [6.45, 7) is 10.9. The van der Waals surface area contributed by atoms with Crippen LogP contribution in [0.3, 0.4) is 0 Å². The van der Waals surface area contributed by atoms with Crippen LogP contribution in [0.1, 0.15) is 80.1 Å². The molecule has 1 aliphatic rings. The highest BCUT2D eigenvalue weighted by atomic mass is 16.8. The molecule has 0 radical (unpaired) electrons. The van der Waals surface area contributed by atoms with Crippen molar-refractivity contribution in [3.05, 3.63) is 46.6 Å². The van der Waals surface area contributed by atoms with Gasteiger partial charge in [-0.25, -0.2) is 9.59 Å². The molecule has 1 saturated heterocycles. The standard InChI is InChI=1S/C30H48O10/c1-7-24(8-2)14-10-13-23(6)15-17-36-28(33)38-19-25-26(31)27(32)30(35,40-25)20-39-29(34)37-18-16-22(5)12-9-11-21(3)4/h11,14-16,25-27,31-32,35H,7-10,12-13,17-20H2,1-6H3/b22-16+,23-15+/t25-,26+,27-,30+/m1/s1. The molecule has 0 saturated carbocycles. The number of aliphatic hydroxyl groups excluding tert-OH is 2. The Bertz CT molecular complexity index is 909. The van der Waals surface area contributed by atoms with Gasteiger partial charge in [-0.05, 0) is 78.4 Å². The number of carbonyl (C=O) groups excluding carboxylic acids is 2. The molecule has 0 aromatic heterocycles. The minimum atomic E-state index is -2.41. The van der Waals surface area contributed by atoms with Crippen molar-refractivity contribution in [3.63, 3.8) is 0 Å². The van der Waals surface area contributed by atoms with Gasteiger partial charge in [0, 0.05) is 0 Å². The molecule has 0 amide bonds. The third-order valence-corrected chi connectivity index (χ3v) is 6.52. The summed E-state index contributed by atoms with van der Waals surface area (Å²) >= 11 is 0. The number of carbonyl (C=O) groups is 2. The predicted octanol–water partition coefficient (Wildman–Crippen LogP) is 5.27. The van der Waals surface area contributed by atoms with Gasteiger partial charge in [0.15, 0.2) is 6.61 Å². The van der Waals surface area contributed by atoms with E-state index in [-0.39, 0.29) is 13.2 Å². The van der Waals surface area contributed by atoms with E-state index in [9.17, 15) is 24.9 Å². The highest BCUT2D eigenvalue weighted by Gasteiger charge is 2.54. The number of allylic oxidation sites excluding steroid dienone is 6. The van der Waals surface area contributed by atoms with Crippen LogP contribution in [0, 0.1) is 0 Å². The third kappa shape index (κ3) is 13.6. The Hall–Kier alpha value is -2.66. The molecular weight excluding hydrogens is 520 g/mol. The fourth-order valence-electron chi connectivity index (χ4n) is 3.86. The molecule has 0 spiro atoms. The lowest BCUT2D eigenvalue weighted by Gasteiger charge is -2.25. The van der Waals surface area contributed by atoms with Gasteiger partial charge < -0.3 is 39.0 Å². The summed E-state index contributed by atoms with van der Waals surface area (Å²) < 4.78 is 25.0. The van der Waals surface area contributed by atoms with Crippen LogP contribution in [-0.4, -0.2) is 78.2 Å². The zero-order chi connectivity index (χ0) is 30.1. The SMILES string of the molecule is CCC(=CCC/C(C)=C/COC(=O)OC[C@H]1O[C@@](O)(COC(=O)OC/C=C(\C)CCC=C(C)C)[C@H](O)[C@H]1O)CC. The van der Waals surface area contributed by atoms with Crippen molar-refractivity contribution in [1.29, 1.82) is 0 Å². The monoisotopic (exact) mass is 568 g/mol. The van der Waals surface area contributed by atoms with E-state index < -0.39 is 49.6 Å². The maximum Gasteiger partial charge on any atom is 0.508 e. The highest BCUT2D eigenvalue weighted by Crippen LogP contribution is 2.30. The van der Waals surface area contributed by atoms with Crippen molar-refractivity contribution < 1.29 is 48.6 Å². The number of rotatable bonds is 16. The second kappa shape index (κ2) is 18.6. The van der Waals surface area contributed by atoms with Crippen LogP contribution in [0.15, 0.2) is 46.6 Å². The summed E-state index contributed by atoms with van der Waals surface area (Å²) in [6, 6.07) is 0. The molecule has 0 unspecified atom stereocenters. The Balaban J connectivity index is 2.40. The number of ether oxygens (including phenoxy) is 5. The van der Waals surface area contributed by atoms with E-state index in [1.165, 1.54) is 11.1 Å². The highest BCUT2D eigenvalue weighted by molar-refractivity contribution is 5.60. The van der Waals surface area contributed by atoms with Gasteiger partial charge in [-0.2, -0.15) is 0 Å². The van der Waals surface area contributed by atoms with Crippen LogP contribution >= 0.6 is 0 Å². The van der Waals surface area contributed by atoms with Crippen molar-refractivity contribution in [2.75, 3.05) is 26.4 Å². The van der Waals surface area contributed by atoms with E-state index in [4.69, 9.17) is 23.7 Å². The maximum absolute atomic E-state index is 11.9. The van der Waals surface area contributed by atoms with Gasteiger partial charge in [-0.3, -0.25) is 0 Å². The molecule has 3 N–H and O–H groups in total. The summed E-state index contributed by atoms with van der Waals surface area (Å²) in [7, 11) is 0. The van der Waals surface area contributed by atoms with Crippen molar-refractivity contribution in [2.24, 2.45) is 0 Å². The van der Waals surface area contributed by atoms with Crippen molar-refractivity contribution >= 4 is 12.3 Å². The number of hydrogen-bond donors (Lipinski definition) is 3. The van der Waals surface area contributed by atoms with Gasteiger partial charge in [0.2, 0.25) is 5.79 Å². The third-order valence-electron chi connectivity index (χ3n) is 6.52. The minimum Gasteiger partial charge on any atom is -0.431 e. The van der Waals surface area contributed by atoms with E-state index in [0.29, 0.717) is 0 Å². The van der Waals surface area contributed by atoms with Crippen LogP contribution in [-0.2, 0) is 23.7 Å². The summed E-state index contributed by atoms with van der Waals surface area (Å²) in [6.07, 6.45) is 6.68. The fraction of sp³-hybridized carbons (Fsp3) is 0.667. The Morgan fingerprint density at radius 1 is 0.800 bits per heavy atom. The van der Waals surface area contributed by atoms with Gasteiger partial charge >= 0.3 is 12.3 Å². The molecule has 4 atom stereocenters. The van der Waals surface area contributed by atoms with E-state index in [0.717, 1.165) is 49.7 Å². The molecule has 0 bridgehead atoms. The van der Waals surface area contributed by atoms with E-state index in [1.807, 2.05) is 27.7 Å². The molecule has 0 aromatic carbocycles. The Morgan fingerprint density at radius 2 is 1.32 bits per heavy atom. The topological polar surface area (TPSA) is 141 Å².